The molecule has 1 N–H and O–H groups in total. The van der Waals surface area contributed by atoms with Crippen LogP contribution < -0.4 is 0 Å². The molecule has 1 aliphatic heterocycles. The summed E-state index contributed by atoms with van der Waals surface area (Å²) >= 11 is 0. The fraction of sp³-hybridized carbons (Fsp3) is 0.500. The van der Waals surface area contributed by atoms with E-state index in [9.17, 15) is 27.9 Å². The summed E-state index contributed by atoms with van der Waals surface area (Å²) in [6.45, 7) is 1.12. The van der Waals surface area contributed by atoms with E-state index in [0.29, 0.717) is 37.3 Å². The van der Waals surface area contributed by atoms with Crippen molar-refractivity contribution in [1.29, 1.82) is 0 Å². The highest BCUT2D eigenvalue weighted by Crippen LogP contribution is 2.44. The Labute approximate surface area is 222 Å². The highest BCUT2D eigenvalue weighted by Gasteiger charge is 2.41. The van der Waals surface area contributed by atoms with Gasteiger partial charge in [0.15, 0.2) is 0 Å². The summed E-state index contributed by atoms with van der Waals surface area (Å²) in [4.78, 5) is 31.1. The number of hydrogen-bond donors (Lipinski definition) is 1. The second-order valence-corrected chi connectivity index (χ2v) is 8.74. The summed E-state index contributed by atoms with van der Waals surface area (Å²) in [5, 5.41) is 10.2. The van der Waals surface area contributed by atoms with Gasteiger partial charge in [0.2, 0.25) is 0 Å². The number of carbonyl (C=O) groups excluding carboxylic acids is 1. The number of rotatable bonds is 9. The first kappa shape index (κ1) is 33.7. The fourth-order valence-corrected chi connectivity index (χ4v) is 4.06. The van der Waals surface area contributed by atoms with Crippen LogP contribution in [0.1, 0.15) is 29.9 Å². The van der Waals surface area contributed by atoms with Gasteiger partial charge in [-0.15, -0.1) is 24.8 Å². The van der Waals surface area contributed by atoms with Gasteiger partial charge in [0.25, 0.3) is 0 Å². The van der Waals surface area contributed by atoms with Crippen molar-refractivity contribution in [3.63, 3.8) is 0 Å². The van der Waals surface area contributed by atoms with Crippen LogP contribution in [0.2, 0.25) is 0 Å². The van der Waals surface area contributed by atoms with Gasteiger partial charge in [0.1, 0.15) is 0 Å². The largest absolute Gasteiger partial charge is 0.478 e. The highest BCUT2D eigenvalue weighted by molar-refractivity contribution is 5.99. The molecule has 36 heavy (non-hydrogen) atoms. The molecule has 1 heterocycles. The molecule has 0 aliphatic carbocycles. The Morgan fingerprint density at radius 3 is 1.75 bits per heavy atom. The van der Waals surface area contributed by atoms with Gasteiger partial charge in [-0.05, 0) is 45.9 Å². The maximum atomic E-state index is 13.2. The highest BCUT2D eigenvalue weighted by atomic mass is 35.5. The second kappa shape index (κ2) is 13.9. The van der Waals surface area contributed by atoms with Crippen molar-refractivity contribution in [2.24, 2.45) is 0 Å². The fourth-order valence-electron chi connectivity index (χ4n) is 4.06. The molecule has 0 bridgehead atoms. The minimum absolute atomic E-state index is 0. The van der Waals surface area contributed by atoms with Crippen LogP contribution in [-0.4, -0.2) is 87.2 Å². The number of carbonyl (C=O) groups is 2. The zero-order chi connectivity index (χ0) is 25.8. The second-order valence-electron chi connectivity index (χ2n) is 8.74. The van der Waals surface area contributed by atoms with Crippen LogP contribution in [0.15, 0.2) is 46.8 Å². The lowest BCUT2D eigenvalue weighted by molar-refractivity contribution is -0.138. The van der Waals surface area contributed by atoms with Gasteiger partial charge >= 0.3 is 18.1 Å². The molecule has 1 aromatic rings. The topological polar surface area (TPSA) is 73.3 Å². The molecule has 2 rings (SSSR count). The number of hydrogen-bond acceptors (Lipinski definition) is 6. The van der Waals surface area contributed by atoms with Crippen LogP contribution in [0.3, 0.4) is 0 Å². The van der Waals surface area contributed by atoms with Gasteiger partial charge in [-0.1, -0.05) is 12.1 Å². The summed E-state index contributed by atoms with van der Waals surface area (Å²) in [7, 11) is 10.4. The van der Waals surface area contributed by atoms with Crippen molar-refractivity contribution in [2.45, 2.75) is 24.9 Å². The lowest BCUT2D eigenvalue weighted by Gasteiger charge is -2.38. The number of alkyl halides is 3. The molecule has 12 heteroatoms. The van der Waals surface area contributed by atoms with Gasteiger partial charge in [-0.25, -0.2) is 9.59 Å². The molecule has 0 spiro atoms. The van der Waals surface area contributed by atoms with Crippen molar-refractivity contribution >= 4 is 36.8 Å². The van der Waals surface area contributed by atoms with Gasteiger partial charge < -0.3 is 24.5 Å². The molecular formula is C24H34Cl2F3N3O4. The van der Waals surface area contributed by atoms with Gasteiger partial charge in [0, 0.05) is 44.4 Å². The molecule has 0 radical (unpaired) electrons. The van der Waals surface area contributed by atoms with Crippen molar-refractivity contribution in [3.05, 3.63) is 57.9 Å². The predicted molar refractivity (Wildman–Crippen MR) is 136 cm³/mol. The Morgan fingerprint density at radius 2 is 1.39 bits per heavy atom. The van der Waals surface area contributed by atoms with Crippen LogP contribution in [-0.2, 0) is 20.5 Å². The first-order chi connectivity index (χ1) is 15.8. The predicted octanol–water partition coefficient (Wildman–Crippen LogP) is 4.25. The Bertz CT molecular complexity index is 978. The van der Waals surface area contributed by atoms with E-state index >= 15 is 0 Å². The minimum Gasteiger partial charge on any atom is -0.478 e. The van der Waals surface area contributed by atoms with Gasteiger partial charge in [0.05, 0.1) is 29.7 Å². The third-order valence-electron chi connectivity index (χ3n) is 5.81. The van der Waals surface area contributed by atoms with E-state index in [1.165, 1.54) is 19.2 Å². The van der Waals surface area contributed by atoms with E-state index in [0.717, 1.165) is 12.1 Å². The molecule has 0 fully saturated rings. The molecular weight excluding hydrogens is 522 g/mol. The molecule has 1 atom stereocenters. The average molecular weight is 556 g/mol. The van der Waals surface area contributed by atoms with Gasteiger partial charge in [-0.2, -0.15) is 13.2 Å². The standard InChI is InChI=1S/C24H32F3N3O4.2ClH/c1-28(2)13-11-17-20(22(31)32)19(15-7-9-16(10-8-15)24(25,26)27)21(23(33)34-6)18(30(17)5)12-14-29(3)4;;/h7-10,19H,11-14H2,1-6H3,(H,31,32);2*1H. The molecule has 1 unspecified atom stereocenters. The van der Waals surface area contributed by atoms with Crippen molar-refractivity contribution < 1.29 is 32.6 Å². The number of nitrogens with zero attached hydrogens (tertiary/aromatic N) is 3. The summed E-state index contributed by atoms with van der Waals surface area (Å²) in [5.74, 6) is -3.02. The number of carboxylic acids is 1. The summed E-state index contributed by atoms with van der Waals surface area (Å²) < 4.78 is 44.5. The van der Waals surface area contributed by atoms with Crippen molar-refractivity contribution in [3.8, 4) is 0 Å². The Morgan fingerprint density at radius 1 is 0.944 bits per heavy atom. The van der Waals surface area contributed by atoms with Crippen molar-refractivity contribution in [1.82, 2.24) is 14.7 Å². The number of esters is 1. The van der Waals surface area contributed by atoms with Crippen molar-refractivity contribution in [2.75, 3.05) is 55.4 Å². The average Bonchev–Trinajstić information content (AvgIpc) is 2.75. The summed E-state index contributed by atoms with van der Waals surface area (Å²) in [5.41, 5.74) is 0.602. The Hall–Kier alpha value is -2.27. The molecule has 0 aromatic heterocycles. The quantitative estimate of drug-likeness (QED) is 0.456. The van der Waals surface area contributed by atoms with Crippen LogP contribution in [0.5, 0.6) is 0 Å². The van der Waals surface area contributed by atoms with E-state index in [4.69, 9.17) is 4.74 Å². The molecule has 7 nitrogen and oxygen atoms in total. The maximum absolute atomic E-state index is 13.2. The number of benzene rings is 1. The van der Waals surface area contributed by atoms with E-state index in [1.54, 1.807) is 11.9 Å². The lowest BCUT2D eigenvalue weighted by atomic mass is 9.78. The first-order valence-corrected chi connectivity index (χ1v) is 10.8. The monoisotopic (exact) mass is 555 g/mol. The van der Waals surface area contributed by atoms with Crippen LogP contribution in [0, 0.1) is 0 Å². The Balaban J connectivity index is 0.00000612. The smallest absolute Gasteiger partial charge is 0.416 e. The van der Waals surface area contributed by atoms with E-state index in [2.05, 4.69) is 0 Å². The first-order valence-electron chi connectivity index (χ1n) is 10.8. The molecule has 204 valence electrons. The zero-order valence-electron chi connectivity index (χ0n) is 21.2. The maximum Gasteiger partial charge on any atom is 0.416 e. The van der Waals surface area contributed by atoms with Crippen LogP contribution >= 0.6 is 24.8 Å². The number of ether oxygens (including phenoxy) is 1. The van der Waals surface area contributed by atoms with E-state index < -0.39 is 29.6 Å². The Kier molecular flexibility index (Phi) is 13.0. The molecule has 0 amide bonds. The van der Waals surface area contributed by atoms with Crippen LogP contribution in [0.4, 0.5) is 13.2 Å². The van der Waals surface area contributed by atoms with Gasteiger partial charge in [-0.3, -0.25) is 0 Å². The van der Waals surface area contributed by atoms with Crippen LogP contribution in [0.25, 0.3) is 0 Å². The lowest BCUT2D eigenvalue weighted by Crippen LogP contribution is -2.36. The van der Waals surface area contributed by atoms with E-state index in [1.807, 2.05) is 38.0 Å². The number of halogens is 5. The third-order valence-corrected chi connectivity index (χ3v) is 5.81. The van der Waals surface area contributed by atoms with E-state index in [-0.39, 0.29) is 41.5 Å². The zero-order valence-corrected chi connectivity index (χ0v) is 22.8. The molecule has 1 aromatic carbocycles. The summed E-state index contributed by atoms with van der Waals surface area (Å²) in [6, 6.07) is 4.28. The molecule has 1 aliphatic rings. The SMILES string of the molecule is COC(=O)C1=C(CCN(C)C)N(C)C(CCN(C)C)=C(C(=O)O)C1c1ccc(C(F)(F)F)cc1.Cl.Cl. The molecule has 0 saturated heterocycles. The minimum atomic E-state index is -4.54. The number of aliphatic carboxylic acids is 1. The molecule has 0 saturated carbocycles. The third kappa shape index (κ3) is 7.86. The summed E-state index contributed by atoms with van der Waals surface area (Å²) in [6.07, 6.45) is -3.74. The number of carboxylic acid groups (broad SMARTS) is 1. The number of methoxy groups -OCH3 is 1. The normalized spacial score (nSPS) is 16.2.